The molecular weight excluding hydrogens is 326 g/mol. The van der Waals surface area contributed by atoms with Crippen molar-refractivity contribution in [3.05, 3.63) is 70.8 Å². The van der Waals surface area contributed by atoms with E-state index in [1.165, 1.54) is 16.0 Å². The van der Waals surface area contributed by atoms with E-state index < -0.39 is 0 Å². The fourth-order valence-electron chi connectivity index (χ4n) is 2.75. The number of allylic oxidation sites excluding steroid dienone is 2. The minimum absolute atomic E-state index is 0.577. The third kappa shape index (κ3) is 5.31. The quantitative estimate of drug-likeness (QED) is 0.768. The molecule has 0 heterocycles. The molecule has 4 nitrogen and oxygen atoms in total. The van der Waals surface area contributed by atoms with Crippen molar-refractivity contribution in [1.29, 1.82) is 0 Å². The molecule has 2 aromatic rings. The van der Waals surface area contributed by atoms with Gasteiger partial charge < -0.3 is 9.64 Å². The number of hydrogen-bond donors (Lipinski definition) is 0. The number of carbonyl (C=O) groups excluding carboxylic acids is 2. The molecule has 3 rings (SSSR count). The molecule has 2 aromatic carbocycles. The molecule has 4 heteroatoms. The van der Waals surface area contributed by atoms with Gasteiger partial charge >= 0.3 is 0 Å². The molecule has 0 unspecified atom stereocenters. The molecule has 1 aliphatic rings. The van der Waals surface area contributed by atoms with Crippen molar-refractivity contribution in [3.8, 4) is 5.75 Å². The zero-order chi connectivity index (χ0) is 18.9. The molecule has 0 aromatic heterocycles. The largest absolute Gasteiger partial charge is 0.489 e. The first-order valence-electron chi connectivity index (χ1n) is 8.61. The second kappa shape index (κ2) is 9.56. The summed E-state index contributed by atoms with van der Waals surface area (Å²) < 4.78 is 5.86. The van der Waals surface area contributed by atoms with Crippen LogP contribution in [0.3, 0.4) is 0 Å². The minimum Gasteiger partial charge on any atom is -0.489 e. The number of benzene rings is 2. The van der Waals surface area contributed by atoms with Crippen molar-refractivity contribution in [1.82, 2.24) is 4.90 Å². The van der Waals surface area contributed by atoms with Gasteiger partial charge in [0.05, 0.1) is 0 Å². The van der Waals surface area contributed by atoms with E-state index in [1.807, 2.05) is 31.2 Å². The normalized spacial score (nSPS) is 12.4. The van der Waals surface area contributed by atoms with E-state index in [4.69, 9.17) is 4.74 Å². The molecule has 136 valence electrons. The van der Waals surface area contributed by atoms with Gasteiger partial charge in [0.2, 0.25) is 6.41 Å². The number of ether oxygens (including phenoxy) is 1. The summed E-state index contributed by atoms with van der Waals surface area (Å²) >= 11 is 0. The highest BCUT2D eigenvalue weighted by Gasteiger charge is 2.16. The standard InChI is InChI=1S/C19H18O2.C3H7NO/c1-14-17(12-20)8-7-16-11-18(9-10-19(14)16)21-13-15-5-3-2-4-6-15;1-4(2)3-5/h2-6,9-12H,7-8,13H2,1H3;3H,1-2H3. The van der Waals surface area contributed by atoms with E-state index in [0.29, 0.717) is 6.61 Å². The Labute approximate surface area is 155 Å². The van der Waals surface area contributed by atoms with Crippen molar-refractivity contribution in [3.63, 3.8) is 0 Å². The fourth-order valence-corrected chi connectivity index (χ4v) is 2.75. The highest BCUT2D eigenvalue weighted by Crippen LogP contribution is 2.32. The van der Waals surface area contributed by atoms with Crippen LogP contribution in [0.5, 0.6) is 5.75 Å². The molecule has 0 atom stereocenters. The van der Waals surface area contributed by atoms with E-state index >= 15 is 0 Å². The predicted molar refractivity (Wildman–Crippen MR) is 104 cm³/mol. The Morgan fingerprint density at radius 2 is 1.73 bits per heavy atom. The third-order valence-corrected chi connectivity index (χ3v) is 4.23. The van der Waals surface area contributed by atoms with Gasteiger partial charge in [-0.25, -0.2) is 0 Å². The van der Waals surface area contributed by atoms with Gasteiger partial charge in [-0.05, 0) is 59.7 Å². The number of aryl methyl sites for hydroxylation is 1. The first kappa shape index (κ1) is 19.4. The molecule has 0 saturated heterocycles. The average molecular weight is 351 g/mol. The topological polar surface area (TPSA) is 46.6 Å². The number of rotatable bonds is 5. The highest BCUT2D eigenvalue weighted by molar-refractivity contribution is 5.89. The van der Waals surface area contributed by atoms with Gasteiger partial charge in [0.15, 0.2) is 0 Å². The van der Waals surface area contributed by atoms with Crippen LogP contribution in [-0.4, -0.2) is 31.7 Å². The van der Waals surface area contributed by atoms with Crippen LogP contribution in [0.1, 0.15) is 30.0 Å². The Bertz CT molecular complexity index is 779. The molecule has 26 heavy (non-hydrogen) atoms. The minimum atomic E-state index is 0.577. The van der Waals surface area contributed by atoms with E-state index in [0.717, 1.165) is 48.0 Å². The van der Waals surface area contributed by atoms with Crippen molar-refractivity contribution >= 4 is 18.3 Å². The summed E-state index contributed by atoms with van der Waals surface area (Å²) in [4.78, 5) is 21.9. The summed E-state index contributed by atoms with van der Waals surface area (Å²) in [6.07, 6.45) is 3.46. The maximum atomic E-state index is 11.0. The summed E-state index contributed by atoms with van der Waals surface area (Å²) in [7, 11) is 3.38. The number of aldehydes is 1. The number of hydrogen-bond acceptors (Lipinski definition) is 3. The van der Waals surface area contributed by atoms with E-state index in [2.05, 4.69) is 24.3 Å². The number of amides is 1. The molecule has 1 aliphatic carbocycles. The van der Waals surface area contributed by atoms with Crippen LogP contribution in [0.15, 0.2) is 54.1 Å². The number of carbonyl (C=O) groups is 2. The lowest BCUT2D eigenvalue weighted by atomic mass is 9.87. The Morgan fingerprint density at radius 3 is 2.35 bits per heavy atom. The lowest BCUT2D eigenvalue weighted by molar-refractivity contribution is -0.115. The number of nitrogens with zero attached hydrogens (tertiary/aromatic N) is 1. The van der Waals surface area contributed by atoms with Crippen LogP contribution in [0.4, 0.5) is 0 Å². The molecule has 0 fully saturated rings. The van der Waals surface area contributed by atoms with Crippen molar-refractivity contribution in [2.24, 2.45) is 0 Å². The summed E-state index contributed by atoms with van der Waals surface area (Å²) in [6, 6.07) is 16.3. The van der Waals surface area contributed by atoms with E-state index in [-0.39, 0.29) is 0 Å². The monoisotopic (exact) mass is 351 g/mol. The van der Waals surface area contributed by atoms with Gasteiger partial charge in [-0.3, -0.25) is 9.59 Å². The van der Waals surface area contributed by atoms with Gasteiger partial charge in [0, 0.05) is 14.1 Å². The van der Waals surface area contributed by atoms with Crippen LogP contribution in [0.2, 0.25) is 0 Å². The second-order valence-electron chi connectivity index (χ2n) is 6.43. The fraction of sp³-hybridized carbons (Fsp3) is 0.273. The predicted octanol–water partition coefficient (Wildman–Crippen LogP) is 3.89. The lowest BCUT2D eigenvalue weighted by Gasteiger charge is -2.19. The third-order valence-electron chi connectivity index (χ3n) is 4.23. The molecule has 0 bridgehead atoms. The molecule has 0 radical (unpaired) electrons. The van der Waals surface area contributed by atoms with E-state index in [9.17, 15) is 9.59 Å². The first-order valence-corrected chi connectivity index (χ1v) is 8.61. The Kier molecular flexibility index (Phi) is 7.15. The Morgan fingerprint density at radius 1 is 1.04 bits per heavy atom. The molecule has 0 spiro atoms. The summed E-state index contributed by atoms with van der Waals surface area (Å²) in [5, 5.41) is 0. The summed E-state index contributed by atoms with van der Waals surface area (Å²) in [5.41, 5.74) is 5.62. The Hall–Kier alpha value is -2.88. The van der Waals surface area contributed by atoms with Gasteiger partial charge in [-0.1, -0.05) is 36.4 Å². The Balaban J connectivity index is 0.000000431. The molecule has 0 aliphatic heterocycles. The number of fused-ring (bicyclic) bond motifs is 1. The zero-order valence-electron chi connectivity index (χ0n) is 15.6. The van der Waals surface area contributed by atoms with Crippen LogP contribution in [0.25, 0.3) is 5.57 Å². The van der Waals surface area contributed by atoms with Crippen molar-refractivity contribution in [2.45, 2.75) is 26.4 Å². The summed E-state index contributed by atoms with van der Waals surface area (Å²) in [6.45, 7) is 2.60. The second-order valence-corrected chi connectivity index (χ2v) is 6.43. The van der Waals surface area contributed by atoms with Gasteiger partial charge in [-0.2, -0.15) is 0 Å². The van der Waals surface area contributed by atoms with Crippen LogP contribution < -0.4 is 4.74 Å². The van der Waals surface area contributed by atoms with Crippen LogP contribution in [0, 0.1) is 0 Å². The first-order chi connectivity index (χ1) is 12.5. The summed E-state index contributed by atoms with van der Waals surface area (Å²) in [5.74, 6) is 0.889. The highest BCUT2D eigenvalue weighted by atomic mass is 16.5. The van der Waals surface area contributed by atoms with Crippen molar-refractivity contribution < 1.29 is 14.3 Å². The smallest absolute Gasteiger partial charge is 0.209 e. The molecule has 0 saturated carbocycles. The van der Waals surface area contributed by atoms with Crippen LogP contribution >= 0.6 is 0 Å². The maximum Gasteiger partial charge on any atom is 0.209 e. The molecule has 0 N–H and O–H groups in total. The average Bonchev–Trinajstić information content (AvgIpc) is 2.68. The molecule has 1 amide bonds. The van der Waals surface area contributed by atoms with Crippen molar-refractivity contribution in [2.75, 3.05) is 14.1 Å². The van der Waals surface area contributed by atoms with Gasteiger partial charge in [-0.15, -0.1) is 0 Å². The SMILES string of the molecule is CC1=C(C=O)CCc2cc(OCc3ccccc3)ccc21.CN(C)C=O. The van der Waals surface area contributed by atoms with Gasteiger partial charge in [0.1, 0.15) is 18.6 Å². The van der Waals surface area contributed by atoms with E-state index in [1.54, 1.807) is 14.1 Å². The molecular formula is C22H25NO3. The zero-order valence-corrected chi connectivity index (χ0v) is 15.6. The van der Waals surface area contributed by atoms with Crippen LogP contribution in [-0.2, 0) is 22.6 Å². The lowest BCUT2D eigenvalue weighted by Crippen LogP contribution is -2.06. The maximum absolute atomic E-state index is 11.0. The van der Waals surface area contributed by atoms with Gasteiger partial charge in [0.25, 0.3) is 0 Å².